The number of rotatable bonds is 2. The van der Waals surface area contributed by atoms with E-state index in [1.807, 2.05) is 6.08 Å². The molecule has 1 nitrogen and oxygen atoms in total. The van der Waals surface area contributed by atoms with Gasteiger partial charge in [-0.15, -0.1) is 0 Å². The molecule has 18 heavy (non-hydrogen) atoms. The first-order valence-electron chi connectivity index (χ1n) is 6.51. The molecule has 0 aliphatic heterocycles. The van der Waals surface area contributed by atoms with Crippen molar-refractivity contribution in [2.45, 2.75) is 59.5 Å². The minimum absolute atomic E-state index is 0.142. The average molecular weight is 246 g/mol. The summed E-state index contributed by atoms with van der Waals surface area (Å²) >= 11 is 0. The first-order chi connectivity index (χ1) is 8.04. The monoisotopic (exact) mass is 246 g/mol. The molecular formula is C17H26O. The van der Waals surface area contributed by atoms with Gasteiger partial charge in [0.2, 0.25) is 0 Å². The van der Waals surface area contributed by atoms with Crippen LogP contribution in [-0.4, -0.2) is 5.60 Å². The van der Waals surface area contributed by atoms with E-state index < -0.39 is 0 Å². The highest BCUT2D eigenvalue weighted by Crippen LogP contribution is 2.33. The van der Waals surface area contributed by atoms with E-state index in [1.165, 1.54) is 11.1 Å². The summed E-state index contributed by atoms with van der Waals surface area (Å²) in [6.45, 7) is 18.9. The zero-order valence-corrected chi connectivity index (χ0v) is 12.8. The molecule has 100 valence electrons. The second kappa shape index (κ2) is 4.79. The van der Waals surface area contributed by atoms with Crippen LogP contribution in [0.2, 0.25) is 0 Å². The Kier molecular flexibility index (Phi) is 3.95. The summed E-state index contributed by atoms with van der Waals surface area (Å²) in [5.41, 5.74) is 3.52. The molecule has 0 fully saturated rings. The van der Waals surface area contributed by atoms with Crippen LogP contribution in [-0.2, 0) is 5.41 Å². The molecule has 0 aliphatic carbocycles. The van der Waals surface area contributed by atoms with Gasteiger partial charge in [-0.3, -0.25) is 0 Å². The van der Waals surface area contributed by atoms with E-state index in [4.69, 9.17) is 4.74 Å². The van der Waals surface area contributed by atoms with E-state index in [2.05, 4.69) is 67.2 Å². The van der Waals surface area contributed by atoms with Gasteiger partial charge >= 0.3 is 0 Å². The first kappa shape index (κ1) is 14.8. The van der Waals surface area contributed by atoms with Crippen LogP contribution >= 0.6 is 0 Å². The maximum Gasteiger partial charge on any atom is 0.130 e. The van der Waals surface area contributed by atoms with Crippen LogP contribution < -0.4 is 4.74 Å². The quantitative estimate of drug-likeness (QED) is 0.704. The van der Waals surface area contributed by atoms with Crippen LogP contribution in [0.5, 0.6) is 5.75 Å². The molecule has 0 aromatic heterocycles. The molecule has 0 unspecified atom stereocenters. The van der Waals surface area contributed by atoms with Crippen molar-refractivity contribution in [2.75, 3.05) is 0 Å². The van der Waals surface area contributed by atoms with E-state index >= 15 is 0 Å². The van der Waals surface area contributed by atoms with Gasteiger partial charge in [-0.1, -0.05) is 39.5 Å². The molecule has 0 heterocycles. The van der Waals surface area contributed by atoms with Crippen LogP contribution in [0, 0.1) is 6.92 Å². The summed E-state index contributed by atoms with van der Waals surface area (Å²) in [7, 11) is 0. The second-order valence-corrected chi connectivity index (χ2v) is 6.88. The van der Waals surface area contributed by atoms with Gasteiger partial charge < -0.3 is 4.74 Å². The molecule has 0 saturated heterocycles. The fourth-order valence-corrected chi connectivity index (χ4v) is 1.83. The summed E-state index contributed by atoms with van der Waals surface area (Å²) in [5.74, 6) is 0.950. The smallest absolute Gasteiger partial charge is 0.130 e. The van der Waals surface area contributed by atoms with Crippen molar-refractivity contribution in [1.82, 2.24) is 0 Å². The third-order valence-electron chi connectivity index (χ3n) is 2.80. The highest BCUT2D eigenvalue weighted by Gasteiger charge is 2.20. The zero-order valence-electron chi connectivity index (χ0n) is 12.8. The van der Waals surface area contributed by atoms with Crippen molar-refractivity contribution in [3.63, 3.8) is 0 Å². The van der Waals surface area contributed by atoms with Gasteiger partial charge in [0.1, 0.15) is 11.4 Å². The molecule has 1 aromatic carbocycles. The third-order valence-corrected chi connectivity index (χ3v) is 2.80. The molecule has 1 aromatic rings. The Morgan fingerprint density at radius 2 is 1.61 bits per heavy atom. The van der Waals surface area contributed by atoms with Crippen molar-refractivity contribution in [1.29, 1.82) is 0 Å². The van der Waals surface area contributed by atoms with Gasteiger partial charge in [0.15, 0.2) is 0 Å². The van der Waals surface area contributed by atoms with E-state index in [9.17, 15) is 0 Å². The Bertz CT molecular complexity index is 442. The summed E-state index contributed by atoms with van der Waals surface area (Å²) in [5, 5.41) is 0. The van der Waals surface area contributed by atoms with Gasteiger partial charge in [0, 0.05) is 5.56 Å². The first-order valence-corrected chi connectivity index (χ1v) is 6.51. The molecular weight excluding hydrogens is 220 g/mol. The van der Waals surface area contributed by atoms with Crippen molar-refractivity contribution in [3.05, 3.63) is 35.4 Å². The molecule has 0 aliphatic rings. The summed E-state index contributed by atoms with van der Waals surface area (Å²) in [6.07, 6.45) is 1.88. The van der Waals surface area contributed by atoms with Crippen LogP contribution in [0.4, 0.5) is 0 Å². The molecule has 0 spiro atoms. The molecule has 0 amide bonds. The van der Waals surface area contributed by atoms with Gasteiger partial charge in [-0.25, -0.2) is 0 Å². The lowest BCUT2D eigenvalue weighted by Crippen LogP contribution is -2.24. The Balaban J connectivity index is 3.34. The minimum Gasteiger partial charge on any atom is -0.487 e. The van der Waals surface area contributed by atoms with Crippen molar-refractivity contribution < 1.29 is 4.74 Å². The molecule has 0 bridgehead atoms. The maximum atomic E-state index is 6.05. The predicted octanol–water partition coefficient (Wildman–Crippen LogP) is 5.11. The lowest BCUT2D eigenvalue weighted by atomic mass is 9.85. The third kappa shape index (κ3) is 3.63. The van der Waals surface area contributed by atoms with Crippen LogP contribution in [0.3, 0.4) is 0 Å². The number of hydrogen-bond acceptors (Lipinski definition) is 1. The number of benzene rings is 1. The molecule has 0 radical (unpaired) electrons. The van der Waals surface area contributed by atoms with E-state index in [1.54, 1.807) is 0 Å². The number of hydrogen-bond donors (Lipinski definition) is 0. The summed E-state index contributed by atoms with van der Waals surface area (Å²) < 4.78 is 6.05. The minimum atomic E-state index is -0.189. The van der Waals surface area contributed by atoms with Crippen molar-refractivity contribution in [2.24, 2.45) is 0 Å². The summed E-state index contributed by atoms with van der Waals surface area (Å²) in [4.78, 5) is 0. The average Bonchev–Trinajstić information content (AvgIpc) is 2.17. The largest absolute Gasteiger partial charge is 0.487 e. The van der Waals surface area contributed by atoms with Gasteiger partial charge in [-0.05, 0) is 50.3 Å². The van der Waals surface area contributed by atoms with E-state index in [-0.39, 0.29) is 11.0 Å². The Hall–Kier alpha value is -1.24. The standard InChI is InChI=1S/C17H26O/c1-9-13-11-14(16(3,4)5)10-12(2)15(13)18-17(6,7)8/h9-11H,1H2,2-8H3. The van der Waals surface area contributed by atoms with Crippen LogP contribution in [0.15, 0.2) is 18.7 Å². The van der Waals surface area contributed by atoms with Gasteiger partial charge in [-0.2, -0.15) is 0 Å². The molecule has 1 heteroatoms. The second-order valence-electron chi connectivity index (χ2n) is 6.88. The predicted molar refractivity (Wildman–Crippen MR) is 80.4 cm³/mol. The SMILES string of the molecule is C=Cc1cc(C(C)(C)C)cc(C)c1OC(C)(C)C. The van der Waals surface area contributed by atoms with E-state index in [0.717, 1.165) is 11.3 Å². The molecule has 0 saturated carbocycles. The Morgan fingerprint density at radius 3 is 2.00 bits per heavy atom. The number of ether oxygens (including phenoxy) is 1. The maximum absolute atomic E-state index is 6.05. The highest BCUT2D eigenvalue weighted by molar-refractivity contribution is 5.60. The topological polar surface area (TPSA) is 9.23 Å². The highest BCUT2D eigenvalue weighted by atomic mass is 16.5. The van der Waals surface area contributed by atoms with Crippen LogP contribution in [0.25, 0.3) is 6.08 Å². The van der Waals surface area contributed by atoms with Gasteiger partial charge in [0.05, 0.1) is 0 Å². The lowest BCUT2D eigenvalue weighted by molar-refractivity contribution is 0.129. The Morgan fingerprint density at radius 1 is 1.06 bits per heavy atom. The van der Waals surface area contributed by atoms with Crippen LogP contribution in [0.1, 0.15) is 58.2 Å². The van der Waals surface area contributed by atoms with Crippen molar-refractivity contribution in [3.8, 4) is 5.75 Å². The lowest BCUT2D eigenvalue weighted by Gasteiger charge is -2.27. The fraction of sp³-hybridized carbons (Fsp3) is 0.529. The zero-order chi connectivity index (χ0) is 14.1. The molecule has 1 rings (SSSR count). The Labute approximate surface area is 112 Å². The molecule has 0 atom stereocenters. The fourth-order valence-electron chi connectivity index (χ4n) is 1.83. The van der Waals surface area contributed by atoms with E-state index in [0.29, 0.717) is 0 Å². The number of aryl methyl sites for hydroxylation is 1. The van der Waals surface area contributed by atoms with Gasteiger partial charge in [0.25, 0.3) is 0 Å². The van der Waals surface area contributed by atoms with Crippen molar-refractivity contribution >= 4 is 6.08 Å². The summed E-state index contributed by atoms with van der Waals surface area (Å²) in [6, 6.07) is 4.40. The molecule has 0 N–H and O–H groups in total. The normalized spacial score (nSPS) is 12.4.